The van der Waals surface area contributed by atoms with E-state index >= 15 is 0 Å². The molecule has 0 atom stereocenters. The summed E-state index contributed by atoms with van der Waals surface area (Å²) in [5.74, 6) is 1.67. The Labute approximate surface area is 131 Å². The predicted molar refractivity (Wildman–Crippen MR) is 87.3 cm³/mol. The van der Waals surface area contributed by atoms with Gasteiger partial charge in [0, 0.05) is 19.3 Å². The summed E-state index contributed by atoms with van der Waals surface area (Å²) in [5.41, 5.74) is 0.483. The second-order valence-corrected chi connectivity index (χ2v) is 5.95. The Morgan fingerprint density at radius 2 is 2.09 bits per heavy atom. The molecule has 1 aliphatic carbocycles. The van der Waals surface area contributed by atoms with Gasteiger partial charge in [0.25, 0.3) is 0 Å². The first-order valence-corrected chi connectivity index (χ1v) is 8.21. The number of rotatable bonds is 8. The number of nitrogens with one attached hydrogen (secondary N) is 2. The van der Waals surface area contributed by atoms with Crippen LogP contribution in [-0.4, -0.2) is 40.6 Å². The van der Waals surface area contributed by atoms with Crippen LogP contribution in [0.5, 0.6) is 0 Å². The highest BCUT2D eigenvalue weighted by molar-refractivity contribution is 5.82. The molecule has 0 aliphatic heterocycles. The van der Waals surface area contributed by atoms with Gasteiger partial charge in [0.2, 0.25) is 5.95 Å². The van der Waals surface area contributed by atoms with Gasteiger partial charge in [-0.3, -0.25) is 4.79 Å². The fourth-order valence-electron chi connectivity index (χ4n) is 2.67. The molecule has 1 aromatic rings. The van der Waals surface area contributed by atoms with Crippen LogP contribution in [0.1, 0.15) is 55.8 Å². The van der Waals surface area contributed by atoms with E-state index in [2.05, 4.69) is 27.5 Å². The van der Waals surface area contributed by atoms with Crippen LogP contribution in [0.2, 0.25) is 0 Å². The maximum absolute atomic E-state index is 11.1. The number of carbonyl (C=O) groups excluding carboxylic acids is 1. The molecule has 0 radical (unpaired) electrons. The number of aldehydes is 1. The third-order valence-corrected chi connectivity index (χ3v) is 4.13. The lowest BCUT2D eigenvalue weighted by atomic mass is 9.87. The average Bonchev–Trinajstić information content (AvgIpc) is 2.55. The highest BCUT2D eigenvalue weighted by Gasteiger charge is 2.19. The highest BCUT2D eigenvalue weighted by Crippen LogP contribution is 2.24. The first-order chi connectivity index (χ1) is 10.7. The van der Waals surface area contributed by atoms with E-state index in [1.165, 1.54) is 0 Å². The molecule has 6 heteroatoms. The summed E-state index contributed by atoms with van der Waals surface area (Å²) in [7, 11) is 0. The number of anilines is 2. The highest BCUT2D eigenvalue weighted by atomic mass is 16.3. The number of carbonyl (C=O) groups is 1. The van der Waals surface area contributed by atoms with E-state index in [-0.39, 0.29) is 6.10 Å². The van der Waals surface area contributed by atoms with Crippen molar-refractivity contribution >= 4 is 18.1 Å². The molecule has 0 amide bonds. The molecular weight excluding hydrogens is 280 g/mol. The molecule has 1 aliphatic rings. The van der Waals surface area contributed by atoms with Gasteiger partial charge in [-0.1, -0.05) is 13.3 Å². The van der Waals surface area contributed by atoms with Gasteiger partial charge in [0.05, 0.1) is 11.7 Å². The maximum Gasteiger partial charge on any atom is 0.224 e. The van der Waals surface area contributed by atoms with Crippen LogP contribution in [0, 0.1) is 5.92 Å². The number of aromatic nitrogens is 2. The van der Waals surface area contributed by atoms with Gasteiger partial charge in [-0.05, 0) is 38.0 Å². The van der Waals surface area contributed by atoms with E-state index in [0.717, 1.165) is 57.9 Å². The van der Waals surface area contributed by atoms with Gasteiger partial charge in [-0.2, -0.15) is 4.98 Å². The van der Waals surface area contributed by atoms with Crippen molar-refractivity contribution in [2.75, 3.05) is 23.7 Å². The van der Waals surface area contributed by atoms with Gasteiger partial charge < -0.3 is 15.7 Å². The van der Waals surface area contributed by atoms with Crippen molar-refractivity contribution in [1.82, 2.24) is 9.97 Å². The average molecular weight is 306 g/mol. The van der Waals surface area contributed by atoms with E-state index in [1.54, 1.807) is 6.20 Å². The van der Waals surface area contributed by atoms with Gasteiger partial charge in [-0.25, -0.2) is 4.98 Å². The Kier molecular flexibility index (Phi) is 6.58. The zero-order chi connectivity index (χ0) is 15.8. The molecule has 1 aromatic heterocycles. The maximum atomic E-state index is 11.1. The van der Waals surface area contributed by atoms with E-state index in [0.29, 0.717) is 23.2 Å². The summed E-state index contributed by atoms with van der Waals surface area (Å²) in [6.45, 7) is 3.74. The number of hydrogen-bond donors (Lipinski definition) is 3. The molecule has 1 fully saturated rings. The lowest BCUT2D eigenvalue weighted by Gasteiger charge is -2.25. The molecule has 122 valence electrons. The molecule has 1 saturated carbocycles. The van der Waals surface area contributed by atoms with Gasteiger partial charge >= 0.3 is 0 Å². The minimum Gasteiger partial charge on any atom is -0.393 e. The molecule has 3 N–H and O–H groups in total. The topological polar surface area (TPSA) is 87.1 Å². The molecule has 6 nitrogen and oxygen atoms in total. The van der Waals surface area contributed by atoms with Crippen LogP contribution in [0.3, 0.4) is 0 Å². The van der Waals surface area contributed by atoms with Crippen LogP contribution in [-0.2, 0) is 0 Å². The molecule has 0 aromatic carbocycles. The van der Waals surface area contributed by atoms with Crippen LogP contribution in [0.4, 0.5) is 11.8 Å². The van der Waals surface area contributed by atoms with E-state index < -0.39 is 0 Å². The zero-order valence-electron chi connectivity index (χ0n) is 13.2. The Balaban J connectivity index is 1.92. The lowest BCUT2D eigenvalue weighted by Crippen LogP contribution is -2.24. The molecular formula is C16H26N4O2. The Hall–Kier alpha value is -1.69. The number of unbranched alkanes of at least 4 members (excludes halogenated alkanes) is 1. The zero-order valence-corrected chi connectivity index (χ0v) is 13.2. The van der Waals surface area contributed by atoms with Crippen LogP contribution < -0.4 is 10.6 Å². The summed E-state index contributed by atoms with van der Waals surface area (Å²) in [4.78, 5) is 19.7. The number of aliphatic hydroxyl groups is 1. The van der Waals surface area contributed by atoms with Crippen molar-refractivity contribution in [1.29, 1.82) is 0 Å². The van der Waals surface area contributed by atoms with Crippen LogP contribution in [0.15, 0.2) is 6.20 Å². The Morgan fingerprint density at radius 3 is 2.77 bits per heavy atom. The first-order valence-electron chi connectivity index (χ1n) is 8.21. The van der Waals surface area contributed by atoms with E-state index in [4.69, 9.17) is 0 Å². The smallest absolute Gasteiger partial charge is 0.224 e. The molecule has 0 spiro atoms. The third kappa shape index (κ3) is 4.94. The quantitative estimate of drug-likeness (QED) is 0.505. The number of hydrogen-bond acceptors (Lipinski definition) is 6. The minimum atomic E-state index is -0.143. The lowest BCUT2D eigenvalue weighted by molar-refractivity contribution is 0.111. The van der Waals surface area contributed by atoms with Gasteiger partial charge in [0.1, 0.15) is 5.82 Å². The summed E-state index contributed by atoms with van der Waals surface area (Å²) < 4.78 is 0. The van der Waals surface area contributed by atoms with Crippen molar-refractivity contribution in [3.05, 3.63) is 11.8 Å². The fraction of sp³-hybridized carbons (Fsp3) is 0.688. The van der Waals surface area contributed by atoms with Crippen molar-refractivity contribution in [3.8, 4) is 0 Å². The van der Waals surface area contributed by atoms with E-state index in [1.807, 2.05) is 0 Å². The normalized spacial score (nSPS) is 21.4. The second kappa shape index (κ2) is 8.68. The molecule has 0 unspecified atom stereocenters. The minimum absolute atomic E-state index is 0.143. The largest absolute Gasteiger partial charge is 0.393 e. The van der Waals surface area contributed by atoms with Gasteiger partial charge in [0.15, 0.2) is 6.29 Å². The van der Waals surface area contributed by atoms with Crippen molar-refractivity contribution in [2.24, 2.45) is 5.92 Å². The fourth-order valence-corrected chi connectivity index (χ4v) is 2.67. The summed E-state index contributed by atoms with van der Waals surface area (Å²) >= 11 is 0. The van der Waals surface area contributed by atoms with Crippen molar-refractivity contribution in [3.63, 3.8) is 0 Å². The monoisotopic (exact) mass is 306 g/mol. The Bertz CT molecular complexity index is 473. The molecule has 1 heterocycles. The molecule has 0 saturated heterocycles. The third-order valence-electron chi connectivity index (χ3n) is 4.13. The first kappa shape index (κ1) is 16.7. The molecule has 22 heavy (non-hydrogen) atoms. The summed E-state index contributed by atoms with van der Waals surface area (Å²) in [6.07, 6.45) is 8.11. The summed E-state index contributed by atoms with van der Waals surface area (Å²) in [5, 5.41) is 16.0. The number of aliphatic hydroxyl groups excluding tert-OH is 1. The van der Waals surface area contributed by atoms with E-state index in [9.17, 15) is 9.90 Å². The number of nitrogens with zero attached hydrogens (tertiary/aromatic N) is 2. The van der Waals surface area contributed by atoms with Gasteiger partial charge in [-0.15, -0.1) is 0 Å². The summed E-state index contributed by atoms with van der Waals surface area (Å²) in [6, 6.07) is 0. The Morgan fingerprint density at radius 1 is 1.32 bits per heavy atom. The SMILES string of the molecule is CCCCNc1ncc(C=O)c(NCC2CCC(O)CC2)n1. The van der Waals surface area contributed by atoms with Crippen LogP contribution >= 0.6 is 0 Å². The molecule has 2 rings (SSSR count). The molecule has 0 bridgehead atoms. The second-order valence-electron chi connectivity index (χ2n) is 5.95. The van der Waals surface area contributed by atoms with Crippen LogP contribution in [0.25, 0.3) is 0 Å². The van der Waals surface area contributed by atoms with Crippen molar-refractivity contribution < 1.29 is 9.90 Å². The van der Waals surface area contributed by atoms with Crippen molar-refractivity contribution in [2.45, 2.75) is 51.6 Å². The predicted octanol–water partition coefficient (Wildman–Crippen LogP) is 2.46. The standard InChI is InChI=1S/C16H26N4O2/c1-2-3-8-17-16-19-10-13(11-21)15(20-16)18-9-12-4-6-14(22)7-5-12/h10-12,14,22H,2-9H2,1H3,(H2,17,18,19,20).